The molecule has 120 valence electrons. The highest BCUT2D eigenvalue weighted by atomic mass is 16.4. The zero-order valence-electron chi connectivity index (χ0n) is 13.3. The summed E-state index contributed by atoms with van der Waals surface area (Å²) < 4.78 is 5.90. The standard InChI is InChI=1S/C18H21N3O2/c1-12(22)20-15-8-14-4-2-3-5-16(14)21(10-15)11-18-19-9-17(23-18)13-6-7-13/h2-5,9,13,15H,6-8,10-11H2,1H3,(H,20,22). The Kier molecular flexibility index (Phi) is 3.56. The van der Waals surface area contributed by atoms with E-state index in [2.05, 4.69) is 33.4 Å². The van der Waals surface area contributed by atoms with Gasteiger partial charge in [-0.05, 0) is 30.9 Å². The molecule has 1 fully saturated rings. The van der Waals surface area contributed by atoms with E-state index in [-0.39, 0.29) is 11.9 Å². The average Bonchev–Trinajstić information content (AvgIpc) is 3.27. The van der Waals surface area contributed by atoms with E-state index in [1.54, 1.807) is 6.92 Å². The molecule has 0 radical (unpaired) electrons. The van der Waals surface area contributed by atoms with Crippen LogP contribution in [-0.2, 0) is 17.8 Å². The fourth-order valence-electron chi connectivity index (χ4n) is 3.34. The van der Waals surface area contributed by atoms with E-state index in [9.17, 15) is 4.79 Å². The minimum atomic E-state index is 0.0153. The molecule has 2 heterocycles. The van der Waals surface area contributed by atoms with Crippen molar-refractivity contribution >= 4 is 11.6 Å². The van der Waals surface area contributed by atoms with E-state index in [4.69, 9.17) is 4.42 Å². The van der Waals surface area contributed by atoms with Gasteiger partial charge in [0.05, 0.1) is 18.8 Å². The van der Waals surface area contributed by atoms with Crippen LogP contribution in [0.25, 0.3) is 0 Å². The first-order valence-electron chi connectivity index (χ1n) is 8.23. The average molecular weight is 311 g/mol. The number of para-hydroxylation sites is 1. The van der Waals surface area contributed by atoms with Gasteiger partial charge in [-0.2, -0.15) is 0 Å². The molecule has 1 unspecified atom stereocenters. The van der Waals surface area contributed by atoms with Gasteiger partial charge >= 0.3 is 0 Å². The summed E-state index contributed by atoms with van der Waals surface area (Å²) in [5.41, 5.74) is 2.46. The van der Waals surface area contributed by atoms with Crippen molar-refractivity contribution in [1.29, 1.82) is 0 Å². The second kappa shape index (κ2) is 5.72. The van der Waals surface area contributed by atoms with Gasteiger partial charge in [0.1, 0.15) is 5.76 Å². The van der Waals surface area contributed by atoms with E-state index in [0.717, 1.165) is 24.6 Å². The maximum Gasteiger partial charge on any atom is 0.217 e. The van der Waals surface area contributed by atoms with Gasteiger partial charge in [0.15, 0.2) is 0 Å². The molecule has 1 N–H and O–H groups in total. The molecule has 4 rings (SSSR count). The largest absolute Gasteiger partial charge is 0.443 e. The Bertz CT molecular complexity index is 721. The van der Waals surface area contributed by atoms with Gasteiger partial charge < -0.3 is 14.6 Å². The minimum Gasteiger partial charge on any atom is -0.443 e. The molecule has 0 bridgehead atoms. The van der Waals surface area contributed by atoms with Crippen LogP contribution in [0.5, 0.6) is 0 Å². The SMILES string of the molecule is CC(=O)NC1Cc2ccccc2N(Cc2ncc(C3CC3)o2)C1. The first kappa shape index (κ1) is 14.3. The van der Waals surface area contributed by atoms with E-state index < -0.39 is 0 Å². The van der Waals surface area contributed by atoms with Crippen LogP contribution < -0.4 is 10.2 Å². The highest BCUT2D eigenvalue weighted by Crippen LogP contribution is 2.40. The molecule has 0 saturated heterocycles. The molecule has 1 atom stereocenters. The summed E-state index contributed by atoms with van der Waals surface area (Å²) in [5.74, 6) is 2.37. The lowest BCUT2D eigenvalue weighted by atomic mass is 9.98. The van der Waals surface area contributed by atoms with Gasteiger partial charge in [0.2, 0.25) is 11.8 Å². The third-order valence-electron chi connectivity index (χ3n) is 4.52. The van der Waals surface area contributed by atoms with Crippen molar-refractivity contribution < 1.29 is 9.21 Å². The van der Waals surface area contributed by atoms with Crippen LogP contribution in [0.4, 0.5) is 5.69 Å². The van der Waals surface area contributed by atoms with E-state index in [0.29, 0.717) is 12.5 Å². The van der Waals surface area contributed by atoms with Crippen molar-refractivity contribution in [2.75, 3.05) is 11.4 Å². The summed E-state index contributed by atoms with van der Waals surface area (Å²) in [7, 11) is 0. The summed E-state index contributed by atoms with van der Waals surface area (Å²) in [5, 5.41) is 3.04. The van der Waals surface area contributed by atoms with Crippen LogP contribution in [0, 0.1) is 0 Å². The van der Waals surface area contributed by atoms with Crippen LogP contribution in [0.1, 0.15) is 42.9 Å². The van der Waals surface area contributed by atoms with Crippen LogP contribution in [0.15, 0.2) is 34.9 Å². The number of rotatable bonds is 4. The third-order valence-corrected chi connectivity index (χ3v) is 4.52. The smallest absolute Gasteiger partial charge is 0.217 e. The number of aromatic nitrogens is 1. The predicted octanol–water partition coefficient (Wildman–Crippen LogP) is 2.62. The molecule has 1 aromatic heterocycles. The van der Waals surface area contributed by atoms with Crippen LogP contribution >= 0.6 is 0 Å². The molecule has 2 aromatic rings. The monoisotopic (exact) mass is 311 g/mol. The van der Waals surface area contributed by atoms with Crippen molar-refractivity contribution in [3.05, 3.63) is 47.7 Å². The van der Waals surface area contributed by atoms with Crippen molar-refractivity contribution in [2.45, 2.75) is 44.7 Å². The summed E-state index contributed by atoms with van der Waals surface area (Å²) in [6, 6.07) is 8.48. The van der Waals surface area contributed by atoms with E-state index in [1.807, 2.05) is 12.3 Å². The fourth-order valence-corrected chi connectivity index (χ4v) is 3.34. The number of hydrogen-bond acceptors (Lipinski definition) is 4. The summed E-state index contributed by atoms with van der Waals surface area (Å²) in [4.78, 5) is 18.1. The fraction of sp³-hybridized carbons (Fsp3) is 0.444. The maximum absolute atomic E-state index is 11.4. The number of nitrogens with one attached hydrogen (secondary N) is 1. The molecule has 1 aliphatic heterocycles. The number of anilines is 1. The van der Waals surface area contributed by atoms with Gasteiger partial charge in [0.25, 0.3) is 0 Å². The Morgan fingerprint density at radius 3 is 3.00 bits per heavy atom. The Balaban J connectivity index is 1.55. The van der Waals surface area contributed by atoms with E-state index >= 15 is 0 Å². The highest BCUT2D eigenvalue weighted by molar-refractivity contribution is 5.73. The topological polar surface area (TPSA) is 58.4 Å². The molecule has 2 aliphatic rings. The number of nitrogens with zero attached hydrogens (tertiary/aromatic N) is 2. The Morgan fingerprint density at radius 1 is 1.39 bits per heavy atom. The number of benzene rings is 1. The number of hydrogen-bond donors (Lipinski definition) is 1. The second-order valence-corrected chi connectivity index (χ2v) is 6.54. The van der Waals surface area contributed by atoms with Crippen molar-refractivity contribution in [3.8, 4) is 0 Å². The lowest BCUT2D eigenvalue weighted by molar-refractivity contribution is -0.119. The zero-order valence-corrected chi connectivity index (χ0v) is 13.3. The molecule has 1 aliphatic carbocycles. The first-order chi connectivity index (χ1) is 11.2. The van der Waals surface area contributed by atoms with Gasteiger partial charge in [-0.3, -0.25) is 4.79 Å². The lowest BCUT2D eigenvalue weighted by Gasteiger charge is -2.35. The quantitative estimate of drug-likeness (QED) is 0.943. The zero-order chi connectivity index (χ0) is 15.8. The van der Waals surface area contributed by atoms with Gasteiger partial charge in [-0.25, -0.2) is 4.98 Å². The molecule has 5 nitrogen and oxygen atoms in total. The third kappa shape index (κ3) is 3.09. The van der Waals surface area contributed by atoms with Crippen LogP contribution in [0.3, 0.4) is 0 Å². The summed E-state index contributed by atoms with van der Waals surface area (Å²) in [6.45, 7) is 2.98. The number of fused-ring (bicyclic) bond motifs is 1. The second-order valence-electron chi connectivity index (χ2n) is 6.54. The minimum absolute atomic E-state index is 0.0153. The van der Waals surface area contributed by atoms with Crippen molar-refractivity contribution in [3.63, 3.8) is 0 Å². The summed E-state index contributed by atoms with van der Waals surface area (Å²) >= 11 is 0. The van der Waals surface area contributed by atoms with Crippen molar-refractivity contribution in [1.82, 2.24) is 10.3 Å². The molecule has 1 saturated carbocycles. The molecule has 5 heteroatoms. The lowest BCUT2D eigenvalue weighted by Crippen LogP contribution is -2.47. The Labute approximate surface area is 135 Å². The first-order valence-corrected chi connectivity index (χ1v) is 8.23. The number of oxazole rings is 1. The molecular formula is C18H21N3O2. The highest BCUT2D eigenvalue weighted by Gasteiger charge is 2.29. The van der Waals surface area contributed by atoms with Crippen molar-refractivity contribution in [2.24, 2.45) is 0 Å². The number of carbonyl (C=O) groups excluding carboxylic acids is 1. The molecule has 0 spiro atoms. The van der Waals surface area contributed by atoms with Crippen LogP contribution in [0.2, 0.25) is 0 Å². The molecule has 1 aromatic carbocycles. The Morgan fingerprint density at radius 2 is 2.22 bits per heavy atom. The molecule has 1 amide bonds. The number of amides is 1. The maximum atomic E-state index is 11.4. The van der Waals surface area contributed by atoms with Gasteiger partial charge in [-0.1, -0.05) is 18.2 Å². The number of carbonyl (C=O) groups is 1. The van der Waals surface area contributed by atoms with Crippen LogP contribution in [-0.4, -0.2) is 23.5 Å². The van der Waals surface area contributed by atoms with Gasteiger partial charge in [0, 0.05) is 25.1 Å². The van der Waals surface area contributed by atoms with Gasteiger partial charge in [-0.15, -0.1) is 0 Å². The Hall–Kier alpha value is -2.30. The molecular weight excluding hydrogens is 290 g/mol. The predicted molar refractivity (Wildman–Crippen MR) is 87.3 cm³/mol. The van der Waals surface area contributed by atoms with E-state index in [1.165, 1.54) is 24.1 Å². The summed E-state index contributed by atoms with van der Waals surface area (Å²) in [6.07, 6.45) is 5.16. The molecule has 23 heavy (non-hydrogen) atoms. The normalized spacial score (nSPS) is 20.2.